The third kappa shape index (κ3) is 3.55. The van der Waals surface area contributed by atoms with E-state index < -0.39 is 0 Å². The Morgan fingerprint density at radius 1 is 1.57 bits per heavy atom. The van der Waals surface area contributed by atoms with Crippen LogP contribution in [0.2, 0.25) is 0 Å². The number of thioether (sulfide) groups is 3. The summed E-state index contributed by atoms with van der Waals surface area (Å²) in [6.07, 6.45) is 5.86. The molecule has 0 saturated carbocycles. The summed E-state index contributed by atoms with van der Waals surface area (Å²) in [4.78, 5) is 11.4. The van der Waals surface area contributed by atoms with Crippen LogP contribution in [-0.4, -0.2) is 33.4 Å². The number of carbonyl (C=O) groups is 1. The van der Waals surface area contributed by atoms with Gasteiger partial charge in [0.1, 0.15) is 0 Å². The number of carbonyl (C=O) groups excluding carboxylic acids is 1. The Labute approximate surface area is 98.9 Å². The van der Waals surface area contributed by atoms with Crippen LogP contribution in [0.4, 0.5) is 0 Å². The van der Waals surface area contributed by atoms with Gasteiger partial charge in [-0.05, 0) is 36.7 Å². The zero-order valence-electron chi connectivity index (χ0n) is 8.45. The van der Waals surface area contributed by atoms with E-state index in [1.807, 2.05) is 23.5 Å². The highest BCUT2D eigenvalue weighted by molar-refractivity contribution is 8.16. The molecule has 0 amide bonds. The normalized spacial score (nSPS) is 20.4. The maximum atomic E-state index is 11.4. The Balaban J connectivity index is 2.59. The van der Waals surface area contributed by atoms with E-state index in [1.165, 1.54) is 29.3 Å². The van der Waals surface area contributed by atoms with Crippen molar-refractivity contribution >= 4 is 40.4 Å². The molecule has 4 heteroatoms. The molecule has 1 rings (SSSR count). The molecule has 1 saturated heterocycles. The third-order valence-corrected chi connectivity index (χ3v) is 5.66. The summed E-state index contributed by atoms with van der Waals surface area (Å²) in [6.45, 7) is 3.53. The zero-order chi connectivity index (χ0) is 10.4. The van der Waals surface area contributed by atoms with Gasteiger partial charge in [-0.25, -0.2) is 0 Å². The maximum Gasteiger partial charge on any atom is 0.212 e. The minimum Gasteiger partial charge on any atom is -0.282 e. The number of hydrogen-bond acceptors (Lipinski definition) is 4. The van der Waals surface area contributed by atoms with Crippen LogP contribution in [0.3, 0.4) is 0 Å². The molecule has 0 aliphatic carbocycles. The van der Waals surface area contributed by atoms with Crippen molar-refractivity contribution < 1.29 is 4.79 Å². The van der Waals surface area contributed by atoms with Gasteiger partial charge in [0.15, 0.2) is 0 Å². The summed E-state index contributed by atoms with van der Waals surface area (Å²) < 4.78 is 0.190. The Morgan fingerprint density at radius 2 is 2.21 bits per heavy atom. The summed E-state index contributed by atoms with van der Waals surface area (Å²) in [7, 11) is 0. The van der Waals surface area contributed by atoms with E-state index in [0.29, 0.717) is 0 Å². The van der Waals surface area contributed by atoms with Crippen molar-refractivity contribution in [1.82, 2.24) is 0 Å². The van der Waals surface area contributed by atoms with E-state index in [-0.39, 0.29) is 9.86 Å². The summed E-state index contributed by atoms with van der Waals surface area (Å²) >= 11 is 5.34. The van der Waals surface area contributed by atoms with E-state index in [4.69, 9.17) is 0 Å². The SMILES string of the molecule is C=CC(=O)SC1(CSC)CCSCC1. The first-order valence-electron chi connectivity index (χ1n) is 4.64. The molecule has 1 nitrogen and oxygen atoms in total. The molecule has 0 radical (unpaired) electrons. The highest BCUT2D eigenvalue weighted by atomic mass is 32.2. The first-order valence-corrected chi connectivity index (χ1v) is 8.01. The molecule has 0 N–H and O–H groups in total. The lowest BCUT2D eigenvalue weighted by molar-refractivity contribution is -0.107. The third-order valence-electron chi connectivity index (χ3n) is 2.30. The molecule has 14 heavy (non-hydrogen) atoms. The minimum atomic E-state index is 0.131. The molecule has 0 bridgehead atoms. The van der Waals surface area contributed by atoms with E-state index in [0.717, 1.165) is 18.6 Å². The van der Waals surface area contributed by atoms with Gasteiger partial charge in [0, 0.05) is 10.5 Å². The topological polar surface area (TPSA) is 17.1 Å². The van der Waals surface area contributed by atoms with Gasteiger partial charge >= 0.3 is 0 Å². The van der Waals surface area contributed by atoms with Gasteiger partial charge in [-0.3, -0.25) is 4.79 Å². The van der Waals surface area contributed by atoms with Crippen LogP contribution in [-0.2, 0) is 4.79 Å². The molecule has 80 valence electrons. The van der Waals surface area contributed by atoms with Crippen molar-refractivity contribution in [3.63, 3.8) is 0 Å². The Morgan fingerprint density at radius 3 is 2.71 bits per heavy atom. The molecule has 1 aliphatic heterocycles. The van der Waals surface area contributed by atoms with E-state index in [9.17, 15) is 4.79 Å². The zero-order valence-corrected chi connectivity index (χ0v) is 10.9. The number of rotatable bonds is 4. The fourth-order valence-electron chi connectivity index (χ4n) is 1.54. The molecule has 0 spiro atoms. The largest absolute Gasteiger partial charge is 0.282 e. The van der Waals surface area contributed by atoms with Crippen molar-refractivity contribution in [3.8, 4) is 0 Å². The molecule has 0 aromatic heterocycles. The van der Waals surface area contributed by atoms with E-state index >= 15 is 0 Å². The van der Waals surface area contributed by atoms with Crippen LogP contribution in [0.5, 0.6) is 0 Å². The van der Waals surface area contributed by atoms with E-state index in [1.54, 1.807) is 0 Å². The number of hydrogen-bond donors (Lipinski definition) is 0. The fourth-order valence-corrected chi connectivity index (χ4v) is 5.39. The smallest absolute Gasteiger partial charge is 0.212 e. The quantitative estimate of drug-likeness (QED) is 0.711. The lowest BCUT2D eigenvalue weighted by Gasteiger charge is -2.34. The molecule has 0 aromatic carbocycles. The molecule has 1 aliphatic rings. The summed E-state index contributed by atoms with van der Waals surface area (Å²) in [5.74, 6) is 3.47. The van der Waals surface area contributed by atoms with Gasteiger partial charge in [-0.2, -0.15) is 23.5 Å². The molecule has 0 unspecified atom stereocenters. The molecule has 1 fully saturated rings. The monoisotopic (exact) mass is 248 g/mol. The van der Waals surface area contributed by atoms with Gasteiger partial charge < -0.3 is 0 Å². The van der Waals surface area contributed by atoms with Gasteiger partial charge in [-0.1, -0.05) is 18.3 Å². The predicted octanol–water partition coefficient (Wildman–Crippen LogP) is 3.06. The van der Waals surface area contributed by atoms with Gasteiger partial charge in [0.05, 0.1) is 0 Å². The Bertz CT molecular complexity index is 204. The van der Waals surface area contributed by atoms with Crippen LogP contribution in [0.15, 0.2) is 12.7 Å². The highest BCUT2D eigenvalue weighted by Crippen LogP contribution is 2.41. The van der Waals surface area contributed by atoms with Crippen LogP contribution in [0.25, 0.3) is 0 Å². The van der Waals surface area contributed by atoms with Crippen molar-refractivity contribution in [3.05, 3.63) is 12.7 Å². The second-order valence-corrected chi connectivity index (χ2v) is 6.92. The summed E-state index contributed by atoms with van der Waals surface area (Å²) in [5, 5.41) is 0.131. The predicted molar refractivity (Wildman–Crippen MR) is 70.5 cm³/mol. The molecule has 0 atom stereocenters. The minimum absolute atomic E-state index is 0.131. The Kier molecular flexibility index (Phi) is 5.49. The lowest BCUT2D eigenvalue weighted by Crippen LogP contribution is -2.33. The standard InChI is InChI=1S/C10H16OS3/c1-3-9(11)14-10(8-12-2)4-6-13-7-5-10/h3H,1,4-8H2,2H3. The second-order valence-electron chi connectivity index (χ2n) is 3.35. The van der Waals surface area contributed by atoms with Crippen LogP contribution in [0.1, 0.15) is 12.8 Å². The summed E-state index contributed by atoms with van der Waals surface area (Å²) in [6, 6.07) is 0. The molecule has 1 heterocycles. The van der Waals surface area contributed by atoms with Crippen molar-refractivity contribution in [2.24, 2.45) is 0 Å². The highest BCUT2D eigenvalue weighted by Gasteiger charge is 2.34. The first-order chi connectivity index (χ1) is 6.72. The van der Waals surface area contributed by atoms with Crippen LogP contribution < -0.4 is 0 Å². The van der Waals surface area contributed by atoms with Crippen LogP contribution >= 0.6 is 35.3 Å². The lowest BCUT2D eigenvalue weighted by atomic mass is 10.0. The van der Waals surface area contributed by atoms with Crippen LogP contribution in [0, 0.1) is 0 Å². The molecule has 0 aromatic rings. The first kappa shape index (κ1) is 12.5. The van der Waals surface area contributed by atoms with Gasteiger partial charge in [0.25, 0.3) is 0 Å². The Hall–Kier alpha value is 0.460. The van der Waals surface area contributed by atoms with E-state index in [2.05, 4.69) is 12.8 Å². The van der Waals surface area contributed by atoms with Gasteiger partial charge in [-0.15, -0.1) is 0 Å². The average Bonchev–Trinajstić information content (AvgIpc) is 2.19. The summed E-state index contributed by atoms with van der Waals surface area (Å²) in [5.41, 5.74) is 0. The van der Waals surface area contributed by atoms with Gasteiger partial charge in [0.2, 0.25) is 5.12 Å². The maximum absolute atomic E-state index is 11.4. The molecular weight excluding hydrogens is 232 g/mol. The van der Waals surface area contributed by atoms with Crippen molar-refractivity contribution in [1.29, 1.82) is 0 Å². The van der Waals surface area contributed by atoms with Crippen molar-refractivity contribution in [2.45, 2.75) is 17.6 Å². The second kappa shape index (κ2) is 6.13. The fraction of sp³-hybridized carbons (Fsp3) is 0.700. The van der Waals surface area contributed by atoms with Crippen molar-refractivity contribution in [2.75, 3.05) is 23.5 Å². The molecular formula is C10H16OS3. The average molecular weight is 248 g/mol.